The fraction of sp³-hybridized carbons (Fsp3) is 0.800. The van der Waals surface area contributed by atoms with Crippen LogP contribution in [-0.4, -0.2) is 42.1 Å². The molecule has 8 heteroatoms. The number of alkyl halides is 3. The molecule has 1 saturated heterocycles. The molecule has 0 spiro atoms. The van der Waals surface area contributed by atoms with Gasteiger partial charge in [-0.15, -0.1) is 0 Å². The van der Waals surface area contributed by atoms with Crippen molar-refractivity contribution < 1.29 is 22.8 Å². The van der Waals surface area contributed by atoms with Crippen LogP contribution in [0.3, 0.4) is 0 Å². The number of likely N-dealkylation sites (tertiary alicyclic amines) is 1. The maximum atomic E-state index is 12.6. The number of carbonyl (C=O) groups excluding carboxylic acids is 2. The van der Waals surface area contributed by atoms with Gasteiger partial charge in [0.2, 0.25) is 5.91 Å². The molecule has 1 fully saturated rings. The van der Waals surface area contributed by atoms with Gasteiger partial charge in [0.1, 0.15) is 0 Å². The molecule has 0 unspecified atom stereocenters. The molecule has 5 nitrogen and oxygen atoms in total. The molecule has 3 amide bonds. The zero-order valence-electron chi connectivity index (χ0n) is 9.96. The maximum Gasteiger partial charge on any atom is 0.393 e. The number of halogens is 3. The van der Waals surface area contributed by atoms with E-state index in [-0.39, 0.29) is 13.0 Å². The highest BCUT2D eigenvalue weighted by Crippen LogP contribution is 2.33. The largest absolute Gasteiger partial charge is 0.393 e. The van der Waals surface area contributed by atoms with Crippen LogP contribution in [0.15, 0.2) is 0 Å². The third-order valence-electron chi connectivity index (χ3n) is 3.09. The SMILES string of the molecule is C[C@H](C(=O)NC(N)=O)N1CCC[C@H](C(F)(F)F)C1. The first kappa shape index (κ1) is 14.7. The van der Waals surface area contributed by atoms with Gasteiger partial charge in [-0.2, -0.15) is 13.2 Å². The van der Waals surface area contributed by atoms with Crippen LogP contribution in [0.25, 0.3) is 0 Å². The zero-order chi connectivity index (χ0) is 13.9. The zero-order valence-corrected chi connectivity index (χ0v) is 9.96. The smallest absolute Gasteiger partial charge is 0.351 e. The standard InChI is InChI=1S/C10H16F3N3O2/c1-6(8(17)15-9(14)18)16-4-2-3-7(5-16)10(11,12)13/h6-7H,2-5H2,1H3,(H3,14,15,17,18)/t6-,7+/m1/s1. The van der Waals surface area contributed by atoms with Crippen LogP contribution in [0.4, 0.5) is 18.0 Å². The predicted octanol–water partition coefficient (Wildman–Crippen LogP) is 0.844. The summed E-state index contributed by atoms with van der Waals surface area (Å²) in [6.07, 6.45) is -3.80. The Balaban J connectivity index is 2.61. The first-order valence-electron chi connectivity index (χ1n) is 5.63. The van der Waals surface area contributed by atoms with E-state index < -0.39 is 30.1 Å². The van der Waals surface area contributed by atoms with Gasteiger partial charge in [0.15, 0.2) is 0 Å². The molecule has 0 bridgehead atoms. The number of imide groups is 1. The fourth-order valence-electron chi connectivity index (χ4n) is 2.02. The Morgan fingerprint density at radius 2 is 2.06 bits per heavy atom. The van der Waals surface area contributed by atoms with E-state index in [1.165, 1.54) is 11.8 Å². The van der Waals surface area contributed by atoms with E-state index in [1.54, 1.807) is 0 Å². The van der Waals surface area contributed by atoms with Gasteiger partial charge < -0.3 is 5.73 Å². The number of hydrogen-bond acceptors (Lipinski definition) is 3. The number of carbonyl (C=O) groups is 2. The Morgan fingerprint density at radius 1 is 1.44 bits per heavy atom. The highest BCUT2D eigenvalue weighted by atomic mass is 19.4. The van der Waals surface area contributed by atoms with E-state index >= 15 is 0 Å². The molecular formula is C10H16F3N3O2. The summed E-state index contributed by atoms with van der Waals surface area (Å²) >= 11 is 0. The molecule has 1 aliphatic rings. The van der Waals surface area contributed by atoms with E-state index in [4.69, 9.17) is 5.73 Å². The quantitative estimate of drug-likeness (QED) is 0.778. The summed E-state index contributed by atoms with van der Waals surface area (Å²) in [4.78, 5) is 23.4. The van der Waals surface area contributed by atoms with E-state index in [9.17, 15) is 22.8 Å². The first-order chi connectivity index (χ1) is 8.21. The molecule has 0 aromatic heterocycles. The number of urea groups is 1. The van der Waals surface area contributed by atoms with Crippen LogP contribution in [0.2, 0.25) is 0 Å². The summed E-state index contributed by atoms with van der Waals surface area (Å²) in [6.45, 7) is 1.63. The molecule has 2 atom stereocenters. The molecule has 0 radical (unpaired) electrons. The van der Waals surface area contributed by atoms with Gasteiger partial charge in [-0.3, -0.25) is 15.0 Å². The molecule has 1 heterocycles. The first-order valence-corrected chi connectivity index (χ1v) is 5.63. The summed E-state index contributed by atoms with van der Waals surface area (Å²) < 4.78 is 37.8. The highest BCUT2D eigenvalue weighted by molar-refractivity contribution is 5.96. The summed E-state index contributed by atoms with van der Waals surface area (Å²) in [5.74, 6) is -2.10. The number of nitrogens with two attached hydrogens (primary N) is 1. The Bertz CT molecular complexity index is 333. The van der Waals surface area contributed by atoms with Crippen LogP contribution in [0, 0.1) is 5.92 Å². The average Bonchev–Trinajstić information content (AvgIpc) is 2.26. The number of amides is 3. The Hall–Kier alpha value is -1.31. The number of nitrogens with zero attached hydrogens (tertiary/aromatic N) is 1. The van der Waals surface area contributed by atoms with Crippen molar-refractivity contribution in [3.05, 3.63) is 0 Å². The minimum Gasteiger partial charge on any atom is -0.351 e. The van der Waals surface area contributed by atoms with Gasteiger partial charge in [-0.1, -0.05) is 0 Å². The lowest BCUT2D eigenvalue weighted by molar-refractivity contribution is -0.188. The van der Waals surface area contributed by atoms with Gasteiger partial charge in [0.05, 0.1) is 12.0 Å². The molecule has 0 aliphatic carbocycles. The predicted molar refractivity (Wildman–Crippen MR) is 57.5 cm³/mol. The molecule has 1 rings (SSSR count). The highest BCUT2D eigenvalue weighted by Gasteiger charge is 2.43. The summed E-state index contributed by atoms with van der Waals surface area (Å²) in [6, 6.07) is -1.81. The lowest BCUT2D eigenvalue weighted by atomic mass is 9.96. The molecule has 3 N–H and O–H groups in total. The molecule has 18 heavy (non-hydrogen) atoms. The van der Waals surface area contributed by atoms with Crippen molar-refractivity contribution in [3.8, 4) is 0 Å². The second-order valence-corrected chi connectivity index (χ2v) is 4.41. The third-order valence-corrected chi connectivity index (χ3v) is 3.09. The van der Waals surface area contributed by atoms with Crippen molar-refractivity contribution in [1.82, 2.24) is 10.2 Å². The van der Waals surface area contributed by atoms with Crippen LogP contribution < -0.4 is 11.1 Å². The Morgan fingerprint density at radius 3 is 2.56 bits per heavy atom. The van der Waals surface area contributed by atoms with Gasteiger partial charge in [-0.25, -0.2) is 4.79 Å². The maximum absolute atomic E-state index is 12.6. The van der Waals surface area contributed by atoms with Crippen molar-refractivity contribution in [2.75, 3.05) is 13.1 Å². The van der Waals surface area contributed by atoms with E-state index in [2.05, 4.69) is 0 Å². The minimum atomic E-state index is -4.25. The van der Waals surface area contributed by atoms with Crippen LogP contribution >= 0.6 is 0 Å². The second kappa shape index (κ2) is 5.55. The van der Waals surface area contributed by atoms with Crippen molar-refractivity contribution in [2.24, 2.45) is 11.7 Å². The van der Waals surface area contributed by atoms with E-state index in [0.717, 1.165) is 0 Å². The summed E-state index contributed by atoms with van der Waals surface area (Å²) in [5.41, 5.74) is 4.79. The summed E-state index contributed by atoms with van der Waals surface area (Å²) in [7, 11) is 0. The van der Waals surface area contributed by atoms with Crippen molar-refractivity contribution >= 4 is 11.9 Å². The number of piperidine rings is 1. The van der Waals surface area contributed by atoms with Gasteiger partial charge in [-0.05, 0) is 26.3 Å². The number of nitrogens with one attached hydrogen (secondary N) is 1. The van der Waals surface area contributed by atoms with Crippen molar-refractivity contribution in [3.63, 3.8) is 0 Å². The minimum absolute atomic E-state index is 0.0736. The third kappa shape index (κ3) is 3.86. The normalized spacial score (nSPS) is 23.4. The van der Waals surface area contributed by atoms with E-state index in [0.29, 0.717) is 13.0 Å². The van der Waals surface area contributed by atoms with Crippen LogP contribution in [0.1, 0.15) is 19.8 Å². The van der Waals surface area contributed by atoms with E-state index in [1.807, 2.05) is 5.32 Å². The lowest BCUT2D eigenvalue weighted by Crippen LogP contribution is -2.52. The summed E-state index contributed by atoms with van der Waals surface area (Å²) in [5, 5.41) is 1.87. The van der Waals surface area contributed by atoms with Gasteiger partial charge >= 0.3 is 12.2 Å². The van der Waals surface area contributed by atoms with Gasteiger partial charge in [0.25, 0.3) is 0 Å². The average molecular weight is 267 g/mol. The van der Waals surface area contributed by atoms with Crippen molar-refractivity contribution in [2.45, 2.75) is 32.0 Å². The second-order valence-electron chi connectivity index (χ2n) is 4.41. The topological polar surface area (TPSA) is 75.4 Å². The monoisotopic (exact) mass is 267 g/mol. The Kier molecular flexibility index (Phi) is 4.55. The molecule has 0 saturated carbocycles. The molecular weight excluding hydrogens is 251 g/mol. The molecule has 1 aliphatic heterocycles. The van der Waals surface area contributed by atoms with Gasteiger partial charge in [0, 0.05) is 6.54 Å². The van der Waals surface area contributed by atoms with Crippen LogP contribution in [0.5, 0.6) is 0 Å². The van der Waals surface area contributed by atoms with Crippen molar-refractivity contribution in [1.29, 1.82) is 0 Å². The fourth-order valence-corrected chi connectivity index (χ4v) is 2.02. The molecule has 104 valence electrons. The Labute approximate surface area is 102 Å². The van der Waals surface area contributed by atoms with Crippen LogP contribution in [-0.2, 0) is 4.79 Å². The number of rotatable bonds is 2. The number of hydrogen-bond donors (Lipinski definition) is 2. The molecule has 0 aromatic rings. The molecule has 0 aromatic carbocycles. The lowest BCUT2D eigenvalue weighted by Gasteiger charge is -2.36. The number of primary amides is 1.